The molecule has 0 aliphatic rings. The third-order valence-corrected chi connectivity index (χ3v) is 3.84. The maximum Gasteiger partial charge on any atom is 0.132 e. The van der Waals surface area contributed by atoms with Gasteiger partial charge in [-0.3, -0.25) is 0 Å². The topological polar surface area (TPSA) is 50.9 Å². The predicted octanol–water partition coefficient (Wildman–Crippen LogP) is 4.48. The normalized spacial score (nSPS) is 10.3. The SMILES string of the molecule is Nc1cccc(Nc2ccc(Br)c(Cl)c2Cl)n1. The van der Waals surface area contributed by atoms with Crippen LogP contribution in [0.2, 0.25) is 10.0 Å². The van der Waals surface area contributed by atoms with E-state index in [0.717, 1.165) is 4.47 Å². The van der Waals surface area contributed by atoms with Gasteiger partial charge >= 0.3 is 0 Å². The van der Waals surface area contributed by atoms with E-state index in [1.54, 1.807) is 18.2 Å². The number of nitrogens with one attached hydrogen (secondary N) is 1. The molecule has 0 amide bonds. The lowest BCUT2D eigenvalue weighted by molar-refractivity contribution is 1.31. The predicted molar refractivity (Wildman–Crippen MR) is 76.1 cm³/mol. The van der Waals surface area contributed by atoms with Crippen molar-refractivity contribution in [3.63, 3.8) is 0 Å². The van der Waals surface area contributed by atoms with Crippen LogP contribution < -0.4 is 11.1 Å². The first-order valence-electron chi connectivity index (χ1n) is 4.71. The molecule has 3 N–H and O–H groups in total. The van der Waals surface area contributed by atoms with E-state index in [9.17, 15) is 0 Å². The molecule has 1 aromatic carbocycles. The average Bonchev–Trinajstić information content (AvgIpc) is 2.30. The molecule has 0 aliphatic heterocycles. The monoisotopic (exact) mass is 331 g/mol. The van der Waals surface area contributed by atoms with Crippen LogP contribution in [0.1, 0.15) is 0 Å². The minimum atomic E-state index is 0.435. The Labute approximate surface area is 117 Å². The number of pyridine rings is 1. The van der Waals surface area contributed by atoms with Crippen molar-refractivity contribution < 1.29 is 0 Å². The number of aromatic nitrogens is 1. The molecule has 0 aliphatic carbocycles. The summed E-state index contributed by atoms with van der Waals surface area (Å²) in [6.07, 6.45) is 0. The molecular weight excluding hydrogens is 325 g/mol. The standard InChI is InChI=1S/C11H8BrCl2N3/c12-6-4-5-7(11(14)10(6)13)16-9-3-1-2-8(15)17-9/h1-5H,(H3,15,16,17). The molecule has 2 aromatic rings. The molecule has 0 spiro atoms. The fourth-order valence-electron chi connectivity index (χ4n) is 1.28. The molecule has 0 bridgehead atoms. The van der Waals surface area contributed by atoms with Crippen LogP contribution in [0.25, 0.3) is 0 Å². The lowest BCUT2D eigenvalue weighted by atomic mass is 10.3. The van der Waals surface area contributed by atoms with Crippen LogP contribution in [0, 0.1) is 0 Å². The second kappa shape index (κ2) is 5.12. The zero-order chi connectivity index (χ0) is 12.4. The van der Waals surface area contributed by atoms with Crippen molar-refractivity contribution in [1.82, 2.24) is 4.98 Å². The first kappa shape index (κ1) is 12.5. The third kappa shape index (κ3) is 2.83. The summed E-state index contributed by atoms with van der Waals surface area (Å²) in [5.41, 5.74) is 6.27. The molecule has 0 unspecified atom stereocenters. The smallest absolute Gasteiger partial charge is 0.132 e. The maximum atomic E-state index is 6.10. The Balaban J connectivity index is 2.34. The van der Waals surface area contributed by atoms with Crippen molar-refractivity contribution in [2.24, 2.45) is 0 Å². The Morgan fingerprint density at radius 3 is 2.59 bits per heavy atom. The summed E-state index contributed by atoms with van der Waals surface area (Å²) in [6.45, 7) is 0. The van der Waals surface area contributed by atoms with Gasteiger partial charge in [0.05, 0.1) is 15.7 Å². The number of anilines is 3. The average molecular weight is 333 g/mol. The number of rotatable bonds is 2. The second-order valence-electron chi connectivity index (χ2n) is 3.30. The highest BCUT2D eigenvalue weighted by atomic mass is 79.9. The quantitative estimate of drug-likeness (QED) is 0.797. The number of benzene rings is 1. The molecule has 0 fully saturated rings. The molecule has 6 heteroatoms. The summed E-state index contributed by atoms with van der Waals surface area (Å²) in [7, 11) is 0. The van der Waals surface area contributed by atoms with Gasteiger partial charge in [0, 0.05) is 4.47 Å². The number of nitrogens with two attached hydrogens (primary N) is 1. The second-order valence-corrected chi connectivity index (χ2v) is 4.91. The summed E-state index contributed by atoms with van der Waals surface area (Å²) in [5.74, 6) is 1.06. The summed E-state index contributed by atoms with van der Waals surface area (Å²) < 4.78 is 0.746. The third-order valence-electron chi connectivity index (χ3n) is 2.07. The van der Waals surface area contributed by atoms with Crippen LogP contribution in [0.4, 0.5) is 17.3 Å². The molecule has 88 valence electrons. The molecular formula is C11H8BrCl2N3. The molecule has 0 atom stereocenters. The highest BCUT2D eigenvalue weighted by Gasteiger charge is 2.08. The fourth-order valence-corrected chi connectivity index (χ4v) is 2.10. The van der Waals surface area contributed by atoms with Crippen LogP contribution in [0.15, 0.2) is 34.8 Å². The lowest BCUT2D eigenvalue weighted by Crippen LogP contribution is -1.97. The Kier molecular flexibility index (Phi) is 3.76. The van der Waals surface area contributed by atoms with E-state index in [2.05, 4.69) is 26.2 Å². The van der Waals surface area contributed by atoms with E-state index < -0.39 is 0 Å². The highest BCUT2D eigenvalue weighted by Crippen LogP contribution is 2.36. The van der Waals surface area contributed by atoms with Gasteiger partial charge in [-0.05, 0) is 40.2 Å². The number of halogens is 3. The molecule has 0 saturated heterocycles. The van der Waals surface area contributed by atoms with Gasteiger partial charge in [-0.2, -0.15) is 0 Å². The number of nitrogen functional groups attached to an aromatic ring is 1. The van der Waals surface area contributed by atoms with E-state index in [1.807, 2.05) is 12.1 Å². The summed E-state index contributed by atoms with van der Waals surface area (Å²) in [6, 6.07) is 8.93. The van der Waals surface area contributed by atoms with Crippen molar-refractivity contribution in [3.8, 4) is 0 Å². The Morgan fingerprint density at radius 1 is 1.12 bits per heavy atom. The molecule has 17 heavy (non-hydrogen) atoms. The summed E-state index contributed by atoms with van der Waals surface area (Å²) in [5, 5.41) is 3.95. The van der Waals surface area contributed by atoms with Crippen molar-refractivity contribution in [2.75, 3.05) is 11.1 Å². The summed E-state index contributed by atoms with van der Waals surface area (Å²) in [4.78, 5) is 4.11. The fraction of sp³-hybridized carbons (Fsp3) is 0. The van der Waals surface area contributed by atoms with E-state index in [-0.39, 0.29) is 0 Å². The highest BCUT2D eigenvalue weighted by molar-refractivity contribution is 9.10. The van der Waals surface area contributed by atoms with E-state index >= 15 is 0 Å². The van der Waals surface area contributed by atoms with Gasteiger partial charge in [-0.1, -0.05) is 29.3 Å². The Morgan fingerprint density at radius 2 is 1.88 bits per heavy atom. The number of hydrogen-bond donors (Lipinski definition) is 2. The van der Waals surface area contributed by atoms with Gasteiger partial charge in [0.15, 0.2) is 0 Å². The van der Waals surface area contributed by atoms with Crippen molar-refractivity contribution in [2.45, 2.75) is 0 Å². The zero-order valence-corrected chi connectivity index (χ0v) is 11.6. The molecule has 0 radical (unpaired) electrons. The van der Waals surface area contributed by atoms with Crippen molar-refractivity contribution >= 4 is 56.5 Å². The number of nitrogens with zero attached hydrogens (tertiary/aromatic N) is 1. The van der Waals surface area contributed by atoms with Crippen LogP contribution >= 0.6 is 39.1 Å². The molecule has 3 nitrogen and oxygen atoms in total. The van der Waals surface area contributed by atoms with Crippen LogP contribution in [0.3, 0.4) is 0 Å². The first-order chi connectivity index (χ1) is 8.08. The van der Waals surface area contributed by atoms with E-state index in [0.29, 0.717) is 27.4 Å². The van der Waals surface area contributed by atoms with Crippen LogP contribution in [-0.4, -0.2) is 4.98 Å². The minimum absolute atomic E-state index is 0.435. The first-order valence-corrected chi connectivity index (χ1v) is 6.26. The van der Waals surface area contributed by atoms with Gasteiger partial charge < -0.3 is 11.1 Å². The molecule has 0 saturated carbocycles. The molecule has 2 rings (SSSR count). The van der Waals surface area contributed by atoms with Gasteiger partial charge in [0.1, 0.15) is 11.6 Å². The lowest BCUT2D eigenvalue weighted by Gasteiger charge is -2.09. The van der Waals surface area contributed by atoms with Gasteiger partial charge in [-0.15, -0.1) is 0 Å². The van der Waals surface area contributed by atoms with E-state index in [4.69, 9.17) is 28.9 Å². The zero-order valence-electron chi connectivity index (χ0n) is 8.55. The van der Waals surface area contributed by atoms with Crippen LogP contribution in [-0.2, 0) is 0 Å². The van der Waals surface area contributed by atoms with Crippen molar-refractivity contribution in [3.05, 3.63) is 44.8 Å². The molecule has 1 heterocycles. The summed E-state index contributed by atoms with van der Waals surface area (Å²) >= 11 is 15.4. The van der Waals surface area contributed by atoms with Crippen molar-refractivity contribution in [1.29, 1.82) is 0 Å². The minimum Gasteiger partial charge on any atom is -0.384 e. The molecule has 1 aromatic heterocycles. The number of hydrogen-bond acceptors (Lipinski definition) is 3. The van der Waals surface area contributed by atoms with Gasteiger partial charge in [-0.25, -0.2) is 4.98 Å². The van der Waals surface area contributed by atoms with E-state index in [1.165, 1.54) is 0 Å². The Bertz CT molecular complexity index is 560. The van der Waals surface area contributed by atoms with Gasteiger partial charge in [0.2, 0.25) is 0 Å². The Hall–Kier alpha value is -0.970. The maximum absolute atomic E-state index is 6.10. The largest absolute Gasteiger partial charge is 0.384 e. The van der Waals surface area contributed by atoms with Crippen LogP contribution in [0.5, 0.6) is 0 Å². The van der Waals surface area contributed by atoms with Gasteiger partial charge in [0.25, 0.3) is 0 Å².